The molecule has 1 saturated carbocycles. The first-order chi connectivity index (χ1) is 11.8. The van der Waals surface area contributed by atoms with Crippen LogP contribution < -0.4 is 5.32 Å². The number of nitrogens with one attached hydrogen (secondary N) is 1. The van der Waals surface area contributed by atoms with Crippen LogP contribution in [0.3, 0.4) is 0 Å². The fourth-order valence-electron chi connectivity index (χ4n) is 3.49. The lowest BCUT2D eigenvalue weighted by Crippen LogP contribution is -2.33. The molecule has 1 amide bonds. The maximum absolute atomic E-state index is 12.6. The molecule has 1 aromatic rings. The van der Waals surface area contributed by atoms with Gasteiger partial charge in [-0.1, -0.05) is 0 Å². The van der Waals surface area contributed by atoms with Gasteiger partial charge in [0, 0.05) is 25.2 Å². The summed E-state index contributed by atoms with van der Waals surface area (Å²) in [5.74, 6) is -1.69. The second-order valence-corrected chi connectivity index (χ2v) is 8.57. The van der Waals surface area contributed by atoms with E-state index in [9.17, 15) is 18.0 Å². The fraction of sp³-hybridized carbons (Fsp3) is 0.625. The smallest absolute Gasteiger partial charge is 0.306 e. The molecular weight excluding hydrogens is 348 g/mol. The van der Waals surface area contributed by atoms with Gasteiger partial charge in [-0.05, 0) is 39.0 Å². The summed E-state index contributed by atoms with van der Waals surface area (Å²) in [5.41, 5.74) is 0. The van der Waals surface area contributed by atoms with Crippen molar-refractivity contribution in [3.05, 3.63) is 17.6 Å². The van der Waals surface area contributed by atoms with Gasteiger partial charge in [0.25, 0.3) is 5.91 Å². The molecule has 138 valence electrons. The molecule has 0 aromatic carbocycles. The van der Waals surface area contributed by atoms with Crippen molar-refractivity contribution in [2.45, 2.75) is 50.0 Å². The zero-order chi connectivity index (χ0) is 18.2. The molecule has 2 heterocycles. The van der Waals surface area contributed by atoms with Crippen molar-refractivity contribution in [3.8, 4) is 0 Å². The minimum Gasteiger partial charge on any atom is -0.481 e. The van der Waals surface area contributed by atoms with Crippen LogP contribution >= 0.6 is 0 Å². The second kappa shape index (κ2) is 6.80. The summed E-state index contributed by atoms with van der Waals surface area (Å²) in [6.45, 7) is 2.48. The number of furan rings is 1. The molecule has 1 aliphatic carbocycles. The molecule has 2 atom stereocenters. The summed E-state index contributed by atoms with van der Waals surface area (Å²) in [7, 11) is -3.65. The lowest BCUT2D eigenvalue weighted by atomic mass is 10.1. The number of aliphatic carboxylic acids is 1. The van der Waals surface area contributed by atoms with Gasteiger partial charge in [-0.15, -0.1) is 0 Å². The molecule has 2 fully saturated rings. The highest BCUT2D eigenvalue weighted by molar-refractivity contribution is 7.89. The van der Waals surface area contributed by atoms with Crippen molar-refractivity contribution in [2.75, 3.05) is 13.1 Å². The summed E-state index contributed by atoms with van der Waals surface area (Å²) in [5, 5.41) is 11.7. The first-order valence-electron chi connectivity index (χ1n) is 8.43. The molecule has 2 N–H and O–H groups in total. The zero-order valence-corrected chi connectivity index (χ0v) is 14.8. The van der Waals surface area contributed by atoms with Gasteiger partial charge in [-0.25, -0.2) is 8.42 Å². The lowest BCUT2D eigenvalue weighted by molar-refractivity contribution is -0.141. The number of carboxylic acid groups (broad SMARTS) is 1. The number of sulfonamides is 1. The Balaban J connectivity index is 1.72. The van der Waals surface area contributed by atoms with E-state index in [4.69, 9.17) is 9.52 Å². The van der Waals surface area contributed by atoms with Gasteiger partial charge in [0.1, 0.15) is 10.7 Å². The molecule has 0 unspecified atom stereocenters. The minimum atomic E-state index is -3.65. The van der Waals surface area contributed by atoms with Crippen LogP contribution in [0, 0.1) is 12.8 Å². The van der Waals surface area contributed by atoms with Crippen LogP contribution in [-0.4, -0.2) is 48.8 Å². The second-order valence-electron chi connectivity index (χ2n) is 6.66. The monoisotopic (exact) mass is 370 g/mol. The molecule has 25 heavy (non-hydrogen) atoms. The maximum Gasteiger partial charge on any atom is 0.306 e. The summed E-state index contributed by atoms with van der Waals surface area (Å²) >= 11 is 0. The number of hydrogen-bond acceptors (Lipinski definition) is 5. The standard InChI is InChI=1S/C16H22N2O6S/c1-10-14(25(22,23)18-6-2-3-7-18)9-13(24-10)15(19)17-12-5-4-11(8-12)16(20)21/h9,11-12H,2-8H2,1H3,(H,17,19)(H,20,21)/t11-,12+/m1/s1. The number of carbonyl (C=O) groups excluding carboxylic acids is 1. The molecule has 0 bridgehead atoms. The number of carboxylic acids is 1. The number of carbonyl (C=O) groups is 2. The van der Waals surface area contributed by atoms with E-state index in [1.807, 2.05) is 0 Å². The highest BCUT2D eigenvalue weighted by atomic mass is 32.2. The predicted molar refractivity (Wildman–Crippen MR) is 87.7 cm³/mol. The largest absolute Gasteiger partial charge is 0.481 e. The Morgan fingerprint density at radius 3 is 2.56 bits per heavy atom. The average molecular weight is 370 g/mol. The van der Waals surface area contributed by atoms with E-state index in [0.29, 0.717) is 32.4 Å². The normalized spacial score (nSPS) is 24.5. The van der Waals surface area contributed by atoms with Gasteiger partial charge in [-0.3, -0.25) is 9.59 Å². The van der Waals surface area contributed by atoms with Crippen molar-refractivity contribution in [3.63, 3.8) is 0 Å². The van der Waals surface area contributed by atoms with E-state index in [0.717, 1.165) is 12.8 Å². The SMILES string of the molecule is Cc1oc(C(=O)N[C@H]2CC[C@@H](C(=O)O)C2)cc1S(=O)(=O)N1CCCC1. The van der Waals surface area contributed by atoms with Crippen molar-refractivity contribution >= 4 is 21.9 Å². The molecule has 1 aliphatic heterocycles. The summed E-state index contributed by atoms with van der Waals surface area (Å²) in [6, 6.07) is 1.03. The Hall–Kier alpha value is -1.87. The molecule has 3 rings (SSSR count). The summed E-state index contributed by atoms with van der Waals surface area (Å²) in [6.07, 6.45) is 3.14. The first-order valence-corrected chi connectivity index (χ1v) is 9.87. The number of nitrogens with zero attached hydrogens (tertiary/aromatic N) is 1. The van der Waals surface area contributed by atoms with Crippen molar-refractivity contribution in [2.24, 2.45) is 5.92 Å². The van der Waals surface area contributed by atoms with E-state index in [-0.39, 0.29) is 22.5 Å². The molecule has 2 aliphatic rings. The molecule has 9 heteroatoms. The Kier molecular flexibility index (Phi) is 4.88. The van der Waals surface area contributed by atoms with E-state index in [2.05, 4.69) is 5.32 Å². The van der Waals surface area contributed by atoms with Crippen LogP contribution in [0.1, 0.15) is 48.4 Å². The Labute approximate surface area is 146 Å². The maximum atomic E-state index is 12.6. The van der Waals surface area contributed by atoms with Crippen LogP contribution in [-0.2, 0) is 14.8 Å². The number of rotatable bonds is 5. The predicted octanol–water partition coefficient (Wildman–Crippen LogP) is 1.36. The number of hydrogen-bond donors (Lipinski definition) is 2. The van der Waals surface area contributed by atoms with Gasteiger partial charge in [0.2, 0.25) is 10.0 Å². The van der Waals surface area contributed by atoms with Crippen LogP contribution in [0.2, 0.25) is 0 Å². The Morgan fingerprint density at radius 2 is 1.96 bits per heavy atom. The molecular formula is C16H22N2O6S. The van der Waals surface area contributed by atoms with Gasteiger partial charge >= 0.3 is 5.97 Å². The third kappa shape index (κ3) is 3.57. The minimum absolute atomic E-state index is 0.0226. The van der Waals surface area contributed by atoms with Crippen LogP contribution in [0.15, 0.2) is 15.4 Å². The number of aryl methyl sites for hydroxylation is 1. The number of amides is 1. The molecule has 8 nitrogen and oxygen atoms in total. The average Bonchev–Trinajstić information content (AvgIpc) is 3.27. The fourth-order valence-corrected chi connectivity index (χ4v) is 5.17. The molecule has 0 spiro atoms. The molecule has 0 radical (unpaired) electrons. The van der Waals surface area contributed by atoms with Crippen molar-refractivity contribution in [1.29, 1.82) is 0 Å². The Bertz CT molecular complexity index is 779. The van der Waals surface area contributed by atoms with Gasteiger partial charge < -0.3 is 14.8 Å². The third-order valence-electron chi connectivity index (χ3n) is 4.90. The van der Waals surface area contributed by atoms with Gasteiger partial charge in [0.05, 0.1) is 5.92 Å². The van der Waals surface area contributed by atoms with Crippen LogP contribution in [0.25, 0.3) is 0 Å². The van der Waals surface area contributed by atoms with E-state index in [1.54, 1.807) is 0 Å². The van der Waals surface area contributed by atoms with E-state index < -0.39 is 27.8 Å². The lowest BCUT2D eigenvalue weighted by Gasteiger charge is -2.14. The van der Waals surface area contributed by atoms with Crippen molar-refractivity contribution < 1.29 is 27.5 Å². The van der Waals surface area contributed by atoms with Gasteiger partial charge in [-0.2, -0.15) is 4.31 Å². The zero-order valence-electron chi connectivity index (χ0n) is 14.0. The van der Waals surface area contributed by atoms with Crippen LogP contribution in [0.4, 0.5) is 0 Å². The molecule has 1 aromatic heterocycles. The first kappa shape index (κ1) is 17.9. The van der Waals surface area contributed by atoms with Gasteiger partial charge in [0.15, 0.2) is 5.76 Å². The highest BCUT2D eigenvalue weighted by Gasteiger charge is 2.34. The topological polar surface area (TPSA) is 117 Å². The van der Waals surface area contributed by atoms with E-state index in [1.165, 1.54) is 17.3 Å². The highest BCUT2D eigenvalue weighted by Crippen LogP contribution is 2.28. The van der Waals surface area contributed by atoms with E-state index >= 15 is 0 Å². The summed E-state index contributed by atoms with van der Waals surface area (Å²) in [4.78, 5) is 23.3. The molecule has 1 saturated heterocycles. The van der Waals surface area contributed by atoms with Crippen LogP contribution in [0.5, 0.6) is 0 Å². The quantitative estimate of drug-likeness (QED) is 0.808. The van der Waals surface area contributed by atoms with Crippen molar-refractivity contribution in [1.82, 2.24) is 9.62 Å². The Morgan fingerprint density at radius 1 is 1.28 bits per heavy atom. The third-order valence-corrected chi connectivity index (χ3v) is 6.90. The summed E-state index contributed by atoms with van der Waals surface area (Å²) < 4.78 is 32.0.